The van der Waals surface area contributed by atoms with Gasteiger partial charge in [0.2, 0.25) is 5.60 Å². The van der Waals surface area contributed by atoms with Crippen LogP contribution in [0, 0.1) is 40.9 Å². The van der Waals surface area contributed by atoms with E-state index in [9.17, 15) is 116 Å². The first-order chi connectivity index (χ1) is 26.7. The van der Waals surface area contributed by atoms with Crippen molar-refractivity contribution in [1.29, 1.82) is 0 Å². The van der Waals surface area contributed by atoms with Crippen molar-refractivity contribution in [1.82, 2.24) is 0 Å². The van der Waals surface area contributed by atoms with Crippen molar-refractivity contribution in [3.63, 3.8) is 0 Å². The average molecular weight is 1010 g/mol. The Morgan fingerprint density at radius 3 is 1.27 bits per heavy atom. The van der Waals surface area contributed by atoms with Gasteiger partial charge < -0.3 is 20.1 Å². The molecule has 2 aliphatic rings. The second kappa shape index (κ2) is 20.1. The Labute approximate surface area is 348 Å². The highest BCUT2D eigenvalue weighted by Gasteiger charge is 2.80. The van der Waals surface area contributed by atoms with Gasteiger partial charge in [-0.1, -0.05) is 27.7 Å². The summed E-state index contributed by atoms with van der Waals surface area (Å²) in [6, 6.07) is 0. The standard InChI is InChI=1S/C12H14F10O.C12H18F6O3.C10H13F7O.2FH/c1-5-3-6(8(2,13)14)9(15,16)7(4-5)10(23,11(17,18)19)12(20,21)22;1-5-9(3,4)8(19)21-6-7(2)10(20,11(13,14)15)12(16,17)18;1-5-3-6(7(2,11)12)9(13,14)8(18,4-5)10(15,16)17;;/h5-7,23H,3-4H2,1-2H3;7,20H,5-6H2,1-4H3;5-6,18H,3-4H2,1-2H3;2*1H. The van der Waals surface area contributed by atoms with Gasteiger partial charge in [0.1, 0.15) is 0 Å². The van der Waals surface area contributed by atoms with Crippen molar-refractivity contribution in [2.75, 3.05) is 6.61 Å². The van der Waals surface area contributed by atoms with Gasteiger partial charge in [0.25, 0.3) is 34.9 Å². The molecule has 0 aromatic carbocycles. The molecule has 0 bridgehead atoms. The lowest BCUT2D eigenvalue weighted by Gasteiger charge is -2.49. The first-order valence-electron chi connectivity index (χ1n) is 17.9. The summed E-state index contributed by atoms with van der Waals surface area (Å²) in [6.07, 6.45) is -34.6. The molecule has 5 nitrogen and oxygen atoms in total. The zero-order valence-corrected chi connectivity index (χ0v) is 34.4. The summed E-state index contributed by atoms with van der Waals surface area (Å²) >= 11 is 0. The summed E-state index contributed by atoms with van der Waals surface area (Å²) in [6.45, 7) is 6.08. The minimum atomic E-state index is -6.50. The first-order valence-corrected chi connectivity index (χ1v) is 17.9. The molecule has 0 amide bonds. The summed E-state index contributed by atoms with van der Waals surface area (Å²) in [4.78, 5) is 11.6. The first kappa shape index (κ1) is 65.9. The third-order valence-electron chi connectivity index (χ3n) is 11.0. The van der Waals surface area contributed by atoms with E-state index >= 15 is 0 Å². The molecule has 0 heterocycles. The molecule has 2 fully saturated rings. The van der Waals surface area contributed by atoms with E-state index in [-0.39, 0.29) is 23.3 Å². The van der Waals surface area contributed by atoms with E-state index in [0.29, 0.717) is 13.3 Å². The third kappa shape index (κ3) is 13.2. The molecule has 7 atom stereocenters. The molecular weight excluding hydrogens is 963 g/mol. The lowest BCUT2D eigenvalue weighted by molar-refractivity contribution is -0.412. The van der Waals surface area contributed by atoms with Crippen molar-refractivity contribution in [2.24, 2.45) is 40.9 Å². The number of halogens is 25. The summed E-state index contributed by atoms with van der Waals surface area (Å²) in [5.41, 5.74) is -16.1. The van der Waals surface area contributed by atoms with E-state index in [2.05, 4.69) is 4.74 Å². The van der Waals surface area contributed by atoms with E-state index in [0.717, 1.165) is 13.8 Å². The molecule has 388 valence electrons. The minimum absolute atomic E-state index is 0. The van der Waals surface area contributed by atoms with Crippen molar-refractivity contribution >= 4 is 5.97 Å². The zero-order valence-electron chi connectivity index (χ0n) is 34.4. The molecule has 0 saturated heterocycles. The highest BCUT2D eigenvalue weighted by atomic mass is 19.4. The molecule has 2 saturated carbocycles. The number of esters is 1. The Morgan fingerprint density at radius 1 is 0.625 bits per heavy atom. The fraction of sp³-hybridized carbons (Fsp3) is 0.971. The van der Waals surface area contributed by atoms with Gasteiger partial charge in [-0.3, -0.25) is 14.2 Å². The number of aliphatic hydroxyl groups is 3. The number of carbonyl (C=O) groups is 1. The molecule has 0 aromatic rings. The van der Waals surface area contributed by atoms with Crippen molar-refractivity contribution in [3.8, 4) is 0 Å². The van der Waals surface area contributed by atoms with Crippen LogP contribution in [0.2, 0.25) is 0 Å². The molecule has 2 aliphatic carbocycles. The molecule has 0 aromatic heterocycles. The molecule has 30 heteroatoms. The van der Waals surface area contributed by atoms with Gasteiger partial charge in [0.15, 0.2) is 0 Å². The number of rotatable bonds is 8. The topological polar surface area (TPSA) is 87.0 Å². The van der Waals surface area contributed by atoms with Crippen LogP contribution in [0.4, 0.5) is 110 Å². The van der Waals surface area contributed by atoms with Crippen LogP contribution in [-0.2, 0) is 9.53 Å². The third-order valence-corrected chi connectivity index (χ3v) is 11.0. The molecule has 7 unspecified atom stereocenters. The predicted molar refractivity (Wildman–Crippen MR) is 173 cm³/mol. The maximum absolute atomic E-state index is 14.1. The number of ether oxygens (including phenoxy) is 1. The number of carbonyl (C=O) groups excluding carboxylic acids is 1. The maximum atomic E-state index is 14.1. The van der Waals surface area contributed by atoms with Crippen LogP contribution in [0.5, 0.6) is 0 Å². The Bertz CT molecular complexity index is 1440. The van der Waals surface area contributed by atoms with Gasteiger partial charge in [-0.2, -0.15) is 65.9 Å². The van der Waals surface area contributed by atoms with Gasteiger partial charge in [0.05, 0.1) is 29.8 Å². The van der Waals surface area contributed by atoms with Crippen LogP contribution in [0.15, 0.2) is 0 Å². The number of hydrogen-bond acceptors (Lipinski definition) is 5. The van der Waals surface area contributed by atoms with Crippen LogP contribution in [0.25, 0.3) is 0 Å². The molecule has 0 radical (unpaired) electrons. The SMILES string of the molecule is CC1CC(C(C)(F)F)C(F)(F)C(C(O)(C(F)(F)F)C(F)(F)F)C1.CC1CC(C(C)(F)F)C(F)(F)C(O)(C(F)(F)F)C1.CCC(C)(C)C(=O)OCC(C)C(O)(C(F)(F)F)C(F)(F)F.F.F. The summed E-state index contributed by atoms with van der Waals surface area (Å²) in [5.74, 6) is -33.5. The van der Waals surface area contributed by atoms with Gasteiger partial charge >= 0.3 is 36.9 Å². The largest absolute Gasteiger partial charge is 0.465 e. The van der Waals surface area contributed by atoms with Crippen LogP contribution in [-0.4, -0.2) is 99.3 Å². The van der Waals surface area contributed by atoms with Crippen LogP contribution < -0.4 is 0 Å². The summed E-state index contributed by atoms with van der Waals surface area (Å²) in [5, 5.41) is 27.5. The second-order valence-corrected chi connectivity index (χ2v) is 16.6. The lowest BCUT2D eigenvalue weighted by atomic mass is 9.64. The van der Waals surface area contributed by atoms with Crippen molar-refractivity contribution in [3.05, 3.63) is 0 Å². The fourth-order valence-electron chi connectivity index (χ4n) is 6.78. The summed E-state index contributed by atoms with van der Waals surface area (Å²) < 4.78 is 303. The van der Waals surface area contributed by atoms with Crippen molar-refractivity contribution in [2.45, 2.75) is 159 Å². The second-order valence-electron chi connectivity index (χ2n) is 16.6. The average Bonchev–Trinajstić information content (AvgIpc) is 3.02. The number of alkyl halides is 23. The minimum Gasteiger partial charge on any atom is -0.465 e. The van der Waals surface area contributed by atoms with E-state index in [1.807, 2.05) is 0 Å². The Balaban J connectivity index is -0.000000865. The van der Waals surface area contributed by atoms with E-state index in [4.69, 9.17) is 5.11 Å². The summed E-state index contributed by atoms with van der Waals surface area (Å²) in [7, 11) is 0. The predicted octanol–water partition coefficient (Wildman–Crippen LogP) is 12.2. The smallest absolute Gasteiger partial charge is 0.426 e. The Kier molecular flexibility index (Phi) is 20.6. The monoisotopic (exact) mass is 1010 g/mol. The van der Waals surface area contributed by atoms with Gasteiger partial charge in [-0.25, -0.2) is 35.1 Å². The fourth-order valence-corrected chi connectivity index (χ4v) is 6.78. The maximum Gasteiger partial charge on any atom is 0.426 e. The molecule has 3 N–H and O–H groups in total. The van der Waals surface area contributed by atoms with Crippen LogP contribution in [0.1, 0.15) is 87.5 Å². The lowest BCUT2D eigenvalue weighted by Crippen LogP contribution is -2.69. The number of hydrogen-bond donors (Lipinski definition) is 3. The quantitative estimate of drug-likeness (QED) is 0.167. The zero-order chi connectivity index (χ0) is 50.5. The van der Waals surface area contributed by atoms with E-state index in [1.54, 1.807) is 6.92 Å². The molecule has 0 aliphatic heterocycles. The normalized spacial score (nSPS) is 26.7. The van der Waals surface area contributed by atoms with Gasteiger partial charge in [0, 0.05) is 5.92 Å². The molecule has 2 rings (SSSR count). The molecule has 0 spiro atoms. The Hall–Kier alpha value is -2.40. The van der Waals surface area contributed by atoms with Crippen LogP contribution >= 0.6 is 0 Å². The van der Waals surface area contributed by atoms with Crippen LogP contribution in [0.3, 0.4) is 0 Å². The van der Waals surface area contributed by atoms with E-state index in [1.165, 1.54) is 13.8 Å². The molecule has 64 heavy (non-hydrogen) atoms. The van der Waals surface area contributed by atoms with Crippen molar-refractivity contribution < 1.29 is 135 Å². The Morgan fingerprint density at radius 2 is 0.969 bits per heavy atom. The van der Waals surface area contributed by atoms with Gasteiger partial charge in [-0.15, -0.1) is 0 Å². The van der Waals surface area contributed by atoms with E-state index < -0.39 is 151 Å². The van der Waals surface area contributed by atoms with Gasteiger partial charge in [-0.05, 0) is 71.6 Å². The molecular formula is C34H47F25O5. The highest BCUT2D eigenvalue weighted by Crippen LogP contribution is 2.61. The highest BCUT2D eigenvalue weighted by molar-refractivity contribution is 5.75.